The van der Waals surface area contributed by atoms with Gasteiger partial charge in [-0.05, 0) is 26.5 Å². The Balaban J connectivity index is 2.54. The van der Waals surface area contributed by atoms with Gasteiger partial charge in [0.15, 0.2) is 0 Å². The van der Waals surface area contributed by atoms with E-state index in [0.717, 1.165) is 19.5 Å². The van der Waals surface area contributed by atoms with Gasteiger partial charge in [-0.15, -0.1) is 6.58 Å². The van der Waals surface area contributed by atoms with Gasteiger partial charge in [-0.3, -0.25) is 4.68 Å². The zero-order valence-corrected chi connectivity index (χ0v) is 8.38. The van der Waals surface area contributed by atoms with Crippen LogP contribution in [0.5, 0.6) is 0 Å². The van der Waals surface area contributed by atoms with E-state index in [4.69, 9.17) is 0 Å². The number of hydrogen-bond acceptors (Lipinski definition) is 2. The second-order valence-electron chi connectivity index (χ2n) is 3.28. The molecule has 0 saturated heterocycles. The molecule has 0 radical (unpaired) electrons. The van der Waals surface area contributed by atoms with Crippen molar-refractivity contribution in [2.75, 3.05) is 7.05 Å². The molecule has 0 aliphatic carbocycles. The lowest BCUT2D eigenvalue weighted by atomic mass is 10.2. The predicted molar refractivity (Wildman–Crippen MR) is 54.4 cm³/mol. The van der Waals surface area contributed by atoms with Gasteiger partial charge in [-0.1, -0.05) is 5.57 Å². The van der Waals surface area contributed by atoms with Gasteiger partial charge in [0.05, 0.1) is 5.69 Å². The van der Waals surface area contributed by atoms with E-state index in [1.807, 2.05) is 30.9 Å². The van der Waals surface area contributed by atoms with E-state index in [1.54, 1.807) is 0 Å². The van der Waals surface area contributed by atoms with Crippen LogP contribution in [0.4, 0.5) is 0 Å². The fourth-order valence-electron chi connectivity index (χ4n) is 1.19. The van der Waals surface area contributed by atoms with Crippen molar-refractivity contribution in [3.05, 3.63) is 30.1 Å². The van der Waals surface area contributed by atoms with Gasteiger partial charge in [-0.25, -0.2) is 0 Å². The number of nitrogens with one attached hydrogen (secondary N) is 1. The fourth-order valence-corrected chi connectivity index (χ4v) is 1.19. The van der Waals surface area contributed by atoms with E-state index in [-0.39, 0.29) is 0 Å². The Morgan fingerprint density at radius 1 is 1.69 bits per heavy atom. The molecule has 0 spiro atoms. The Kier molecular flexibility index (Phi) is 3.71. The first-order chi connectivity index (χ1) is 6.24. The van der Waals surface area contributed by atoms with Crippen molar-refractivity contribution in [3.8, 4) is 0 Å². The highest BCUT2D eigenvalue weighted by molar-refractivity contribution is 5.00. The molecule has 13 heavy (non-hydrogen) atoms. The second-order valence-corrected chi connectivity index (χ2v) is 3.28. The maximum atomic E-state index is 4.24. The molecule has 1 aromatic heterocycles. The number of nitrogens with zero attached hydrogens (tertiary/aromatic N) is 2. The molecule has 1 aromatic rings. The molecular formula is C10H17N3. The lowest BCUT2D eigenvalue weighted by Crippen LogP contribution is -2.12. The largest absolute Gasteiger partial charge is 0.314 e. The van der Waals surface area contributed by atoms with E-state index < -0.39 is 0 Å². The van der Waals surface area contributed by atoms with Crippen LogP contribution in [0, 0.1) is 0 Å². The van der Waals surface area contributed by atoms with Crippen LogP contribution in [0.1, 0.15) is 19.0 Å². The molecule has 0 aliphatic rings. The van der Waals surface area contributed by atoms with Crippen molar-refractivity contribution in [1.82, 2.24) is 15.1 Å². The van der Waals surface area contributed by atoms with Gasteiger partial charge in [0.2, 0.25) is 0 Å². The van der Waals surface area contributed by atoms with Crippen molar-refractivity contribution >= 4 is 0 Å². The molecule has 72 valence electrons. The minimum atomic E-state index is 0.871. The molecule has 0 atom stereocenters. The summed E-state index contributed by atoms with van der Waals surface area (Å²) in [6.45, 7) is 7.72. The first-order valence-corrected chi connectivity index (χ1v) is 4.53. The minimum Gasteiger partial charge on any atom is -0.314 e. The average Bonchev–Trinajstić information content (AvgIpc) is 2.49. The Hall–Kier alpha value is -1.09. The molecule has 0 aromatic carbocycles. The predicted octanol–water partition coefficient (Wildman–Crippen LogP) is 1.57. The summed E-state index contributed by atoms with van der Waals surface area (Å²) in [6, 6.07) is 2.04. The molecular weight excluding hydrogens is 162 g/mol. The molecule has 3 heteroatoms. The molecule has 0 saturated carbocycles. The van der Waals surface area contributed by atoms with Crippen molar-refractivity contribution < 1.29 is 0 Å². The summed E-state index contributed by atoms with van der Waals surface area (Å²) in [5, 5.41) is 7.36. The van der Waals surface area contributed by atoms with Crippen LogP contribution in [-0.4, -0.2) is 16.8 Å². The fraction of sp³-hybridized carbons (Fsp3) is 0.500. The van der Waals surface area contributed by atoms with Crippen LogP contribution in [0.2, 0.25) is 0 Å². The maximum absolute atomic E-state index is 4.24. The van der Waals surface area contributed by atoms with Crippen LogP contribution in [-0.2, 0) is 13.1 Å². The summed E-state index contributed by atoms with van der Waals surface area (Å²) >= 11 is 0. The lowest BCUT2D eigenvalue weighted by Gasteiger charge is -2.06. The first-order valence-electron chi connectivity index (χ1n) is 4.53. The van der Waals surface area contributed by atoms with Crippen LogP contribution in [0.3, 0.4) is 0 Å². The van der Waals surface area contributed by atoms with E-state index in [0.29, 0.717) is 0 Å². The van der Waals surface area contributed by atoms with Crippen LogP contribution < -0.4 is 5.32 Å². The third-order valence-electron chi connectivity index (χ3n) is 1.91. The van der Waals surface area contributed by atoms with Gasteiger partial charge in [0.25, 0.3) is 0 Å². The van der Waals surface area contributed by atoms with Crippen molar-refractivity contribution in [3.63, 3.8) is 0 Å². The average molecular weight is 179 g/mol. The Morgan fingerprint density at radius 3 is 3.08 bits per heavy atom. The minimum absolute atomic E-state index is 0.871. The summed E-state index contributed by atoms with van der Waals surface area (Å²) in [6.07, 6.45) is 2.84. The number of allylic oxidation sites excluding steroid dienone is 1. The SMILES string of the molecule is C=C(C)CCn1nccc1CNC. The third-order valence-corrected chi connectivity index (χ3v) is 1.91. The van der Waals surface area contributed by atoms with Crippen LogP contribution in [0.25, 0.3) is 0 Å². The third kappa shape index (κ3) is 3.03. The van der Waals surface area contributed by atoms with E-state index >= 15 is 0 Å². The maximum Gasteiger partial charge on any atom is 0.0522 e. The molecule has 0 aliphatic heterocycles. The van der Waals surface area contributed by atoms with Gasteiger partial charge >= 0.3 is 0 Å². The van der Waals surface area contributed by atoms with Crippen LogP contribution >= 0.6 is 0 Å². The highest BCUT2D eigenvalue weighted by Crippen LogP contribution is 2.03. The molecule has 1 heterocycles. The summed E-state index contributed by atoms with van der Waals surface area (Å²) in [7, 11) is 1.94. The first kappa shape index (κ1) is 9.99. The smallest absolute Gasteiger partial charge is 0.0522 e. The molecule has 0 bridgehead atoms. The Morgan fingerprint density at radius 2 is 2.46 bits per heavy atom. The van der Waals surface area contributed by atoms with Crippen molar-refractivity contribution in [2.24, 2.45) is 0 Å². The molecule has 0 fully saturated rings. The Bertz CT molecular complexity index is 275. The van der Waals surface area contributed by atoms with Gasteiger partial charge in [0.1, 0.15) is 0 Å². The normalized spacial score (nSPS) is 10.3. The standard InChI is InChI=1S/C10H17N3/c1-9(2)5-7-13-10(8-11-3)4-6-12-13/h4,6,11H,1,5,7-8H2,2-3H3. The number of aromatic nitrogens is 2. The van der Waals surface area contributed by atoms with E-state index in [2.05, 4.69) is 17.0 Å². The molecule has 3 nitrogen and oxygen atoms in total. The zero-order chi connectivity index (χ0) is 9.68. The zero-order valence-electron chi connectivity index (χ0n) is 8.38. The van der Waals surface area contributed by atoms with Crippen molar-refractivity contribution in [2.45, 2.75) is 26.4 Å². The summed E-state index contributed by atoms with van der Waals surface area (Å²) in [4.78, 5) is 0. The van der Waals surface area contributed by atoms with Crippen molar-refractivity contribution in [1.29, 1.82) is 0 Å². The summed E-state index contributed by atoms with van der Waals surface area (Å²) in [5.74, 6) is 0. The molecule has 0 unspecified atom stereocenters. The topological polar surface area (TPSA) is 29.9 Å². The molecule has 0 amide bonds. The van der Waals surface area contributed by atoms with Gasteiger partial charge in [-0.2, -0.15) is 5.10 Å². The molecule has 1 rings (SSSR count). The number of aryl methyl sites for hydroxylation is 1. The lowest BCUT2D eigenvalue weighted by molar-refractivity contribution is 0.570. The van der Waals surface area contributed by atoms with Crippen LogP contribution in [0.15, 0.2) is 24.4 Å². The quantitative estimate of drug-likeness (QED) is 0.695. The number of rotatable bonds is 5. The van der Waals surface area contributed by atoms with Gasteiger partial charge < -0.3 is 5.32 Å². The highest BCUT2D eigenvalue weighted by atomic mass is 15.3. The number of hydrogen-bond donors (Lipinski definition) is 1. The van der Waals surface area contributed by atoms with E-state index in [9.17, 15) is 0 Å². The summed E-state index contributed by atoms with van der Waals surface area (Å²) in [5.41, 5.74) is 2.43. The van der Waals surface area contributed by atoms with Gasteiger partial charge in [0, 0.05) is 19.3 Å². The Labute approximate surface area is 79.5 Å². The summed E-state index contributed by atoms with van der Waals surface area (Å²) < 4.78 is 2.02. The monoisotopic (exact) mass is 179 g/mol. The second kappa shape index (κ2) is 4.82. The van der Waals surface area contributed by atoms with E-state index in [1.165, 1.54) is 11.3 Å². The molecule has 1 N–H and O–H groups in total. The highest BCUT2D eigenvalue weighted by Gasteiger charge is 1.99.